The highest BCUT2D eigenvalue weighted by Gasteiger charge is 2.51. The summed E-state index contributed by atoms with van der Waals surface area (Å²) in [5.41, 5.74) is 25.1. The van der Waals surface area contributed by atoms with Gasteiger partial charge in [-0.15, -0.1) is 20.4 Å². The maximum Gasteiger partial charge on any atom is 0.250 e. The Hall–Kier alpha value is -12.2. The van der Waals surface area contributed by atoms with Crippen LogP contribution in [0.4, 0.5) is 0 Å². The van der Waals surface area contributed by atoms with Gasteiger partial charge < -0.3 is 27.1 Å². The smallest absolute Gasteiger partial charge is 0.250 e. The summed E-state index contributed by atoms with van der Waals surface area (Å²) in [7, 11) is 0. The molecular formula is C86H62N12O2. The monoisotopic (exact) mass is 1290 g/mol. The Morgan fingerprint density at radius 2 is 0.590 bits per heavy atom. The number of nitrogens with zero attached hydrogens (tertiary/aromatic N) is 12. The number of benzene rings is 10. The molecule has 0 amide bonds. The predicted octanol–water partition coefficient (Wildman–Crippen LogP) is 19.9. The van der Waals surface area contributed by atoms with Crippen molar-refractivity contribution in [2.75, 3.05) is 0 Å². The van der Waals surface area contributed by atoms with Crippen LogP contribution in [0.15, 0.2) is 203 Å². The Balaban J connectivity index is 0.891. The lowest BCUT2D eigenvalue weighted by Gasteiger charge is -2.43. The lowest BCUT2D eigenvalue weighted by atomic mass is 9.66. The van der Waals surface area contributed by atoms with Crippen LogP contribution in [0.1, 0.15) is 112 Å². The van der Waals surface area contributed by atoms with Gasteiger partial charge in [0.25, 0.3) is 0 Å². The van der Waals surface area contributed by atoms with Gasteiger partial charge in [0.15, 0.2) is 11.6 Å². The minimum absolute atomic E-state index is 0.438. The van der Waals surface area contributed by atoms with Gasteiger partial charge in [-0.1, -0.05) is 189 Å². The lowest BCUT2D eigenvalue weighted by Crippen LogP contribution is -2.34. The van der Waals surface area contributed by atoms with Crippen LogP contribution in [0.2, 0.25) is 0 Å². The molecule has 0 aliphatic carbocycles. The number of hydrogen-bond acceptors (Lipinski definition) is 10. The lowest BCUT2D eigenvalue weighted by molar-refractivity contribution is 0.523. The first-order valence-corrected chi connectivity index (χ1v) is 34.4. The zero-order valence-electron chi connectivity index (χ0n) is 56.7. The highest BCUT2D eigenvalue weighted by atomic mass is 16.4. The molecule has 478 valence electrons. The van der Waals surface area contributed by atoms with Crippen LogP contribution >= 0.6 is 0 Å². The van der Waals surface area contributed by atoms with Crippen molar-refractivity contribution in [3.63, 3.8) is 0 Å². The summed E-state index contributed by atoms with van der Waals surface area (Å²) in [6, 6.07) is 62.6. The third-order valence-corrected chi connectivity index (χ3v) is 23.3. The minimum atomic E-state index is -0.710. The highest BCUT2D eigenvalue weighted by Crippen LogP contribution is 2.64. The van der Waals surface area contributed by atoms with E-state index in [9.17, 15) is 0 Å². The summed E-state index contributed by atoms with van der Waals surface area (Å²) < 4.78 is 23.8. The third-order valence-electron chi connectivity index (χ3n) is 23.3. The first kappa shape index (κ1) is 55.9. The molecular weight excluding hydrogens is 1230 g/mol. The van der Waals surface area contributed by atoms with E-state index >= 15 is 0 Å². The van der Waals surface area contributed by atoms with E-state index in [0.29, 0.717) is 35.2 Å². The second-order valence-corrected chi connectivity index (χ2v) is 29.9. The number of hydrogen-bond donors (Lipinski definition) is 0. The van der Waals surface area contributed by atoms with E-state index in [1.807, 2.05) is 50.8 Å². The average molecular weight is 1300 g/mol. The Bertz CT molecular complexity index is 6800. The van der Waals surface area contributed by atoms with E-state index in [-0.39, 0.29) is 0 Å². The van der Waals surface area contributed by atoms with Crippen molar-refractivity contribution in [2.24, 2.45) is 0 Å². The fourth-order valence-corrected chi connectivity index (χ4v) is 19.5. The quantitative estimate of drug-likeness (QED) is 0.163. The second kappa shape index (κ2) is 18.5. The first-order chi connectivity index (χ1) is 48.6. The van der Waals surface area contributed by atoms with Crippen molar-refractivity contribution in [2.45, 2.75) is 90.9 Å². The van der Waals surface area contributed by atoms with Gasteiger partial charge in [-0.25, -0.2) is 19.9 Å². The van der Waals surface area contributed by atoms with E-state index in [4.69, 9.17) is 39.0 Å². The molecule has 4 aliphatic rings. The highest BCUT2D eigenvalue weighted by molar-refractivity contribution is 6.25. The van der Waals surface area contributed by atoms with Crippen molar-refractivity contribution < 1.29 is 8.83 Å². The fraction of sp³-hybridized carbons (Fsp3) is 0.163. The summed E-state index contributed by atoms with van der Waals surface area (Å²) in [5.74, 6) is 3.14. The Kier molecular flexibility index (Phi) is 10.4. The summed E-state index contributed by atoms with van der Waals surface area (Å²) in [4.78, 5) is 21.2. The van der Waals surface area contributed by atoms with Crippen LogP contribution in [0, 0.1) is 13.8 Å². The van der Waals surface area contributed by atoms with Crippen molar-refractivity contribution in [3.05, 3.63) is 251 Å². The molecule has 100 heavy (non-hydrogen) atoms. The Morgan fingerprint density at radius 3 is 0.960 bits per heavy atom. The van der Waals surface area contributed by atoms with Crippen molar-refractivity contribution in [3.8, 4) is 79.6 Å². The van der Waals surface area contributed by atoms with Gasteiger partial charge in [0, 0.05) is 137 Å². The normalized spacial score (nSPS) is 15.4. The summed E-state index contributed by atoms with van der Waals surface area (Å²) in [6.07, 6.45) is 7.55. The van der Waals surface area contributed by atoms with Crippen LogP contribution in [0.3, 0.4) is 0 Å². The van der Waals surface area contributed by atoms with Crippen molar-refractivity contribution in [1.29, 1.82) is 0 Å². The minimum Gasteiger partial charge on any atom is -0.421 e. The molecule has 22 rings (SSSR count). The number of aryl methyl sites for hydroxylation is 2. The standard InChI is InChI=1S/C86H62N12O2/c1-43-91-93-81(99-43)65-70-78(66(82-94-92-44(2)100-82)69-77(65)96-58-36-14-12-24-46(58)50-28-16-32-54(72(50)96)85(69,7)8)98-60-38-20-26-48(62(60)52-30-18-34-56(74(52)98)86(70,9)10)47-25-19-37-59-61(47)51-29-17-33-55-73(51)97(59)76-64(80-89-41-22-42-90-80)67-75(63(68(76)84(55,5)6)79-87-39-21-40-88-79)95-57-35-13-11-23-45(57)49-27-15-31-53(71(49)95)83(67,3)4/h11-42H,1-10H3. The molecule has 10 aromatic carbocycles. The molecule has 0 spiro atoms. The van der Waals surface area contributed by atoms with Gasteiger partial charge in [-0.05, 0) is 69.8 Å². The van der Waals surface area contributed by atoms with Gasteiger partial charge in [0.1, 0.15) is 0 Å². The van der Waals surface area contributed by atoms with Crippen LogP contribution in [0.25, 0.3) is 167 Å². The van der Waals surface area contributed by atoms with Crippen LogP contribution in [0.5, 0.6) is 0 Å². The fourth-order valence-electron chi connectivity index (χ4n) is 19.5. The first-order valence-electron chi connectivity index (χ1n) is 34.4. The number of aromatic nitrogens is 12. The van der Waals surface area contributed by atoms with Crippen molar-refractivity contribution in [1.82, 2.24) is 58.6 Å². The topological polar surface area (TPSA) is 149 Å². The average Bonchev–Trinajstić information content (AvgIpc) is 1.31. The van der Waals surface area contributed by atoms with Gasteiger partial charge in [-0.2, -0.15) is 0 Å². The number of para-hydroxylation sites is 6. The maximum absolute atomic E-state index is 6.90. The second-order valence-electron chi connectivity index (χ2n) is 29.9. The molecule has 0 N–H and O–H groups in total. The summed E-state index contributed by atoms with van der Waals surface area (Å²) in [5, 5.41) is 28.6. The van der Waals surface area contributed by atoms with Gasteiger partial charge in [0.05, 0.1) is 78.0 Å². The molecule has 0 saturated carbocycles. The van der Waals surface area contributed by atoms with Gasteiger partial charge in [0.2, 0.25) is 23.6 Å². The van der Waals surface area contributed by atoms with E-state index in [1.54, 1.807) is 0 Å². The molecule has 0 fully saturated rings. The van der Waals surface area contributed by atoms with Gasteiger partial charge >= 0.3 is 0 Å². The molecule has 12 heterocycles. The predicted molar refractivity (Wildman–Crippen MR) is 396 cm³/mol. The molecule has 0 atom stereocenters. The van der Waals surface area contributed by atoms with Crippen molar-refractivity contribution >= 4 is 87.2 Å². The molecule has 14 heteroatoms. The maximum atomic E-state index is 6.90. The SMILES string of the molecule is Cc1nnc(-c2c3c(c(-c4nnc(C)o4)c4c2C(C)(C)c2cccc5c6ccccc6n-4c25)C(C)(C)c2cccc4c5c(-c6cccc7c6c6cccc8c6n7-c6c(-c7ncccn7)c7c(c(-c9ncccn9)c6C8(C)C)-n6c8ccccc8c8cccc(c86)C7(C)C)cccc5n-3c24)o1. The van der Waals surface area contributed by atoms with Crippen LogP contribution in [-0.2, 0) is 21.7 Å². The molecule has 0 saturated heterocycles. The molecule has 14 nitrogen and oxygen atoms in total. The summed E-state index contributed by atoms with van der Waals surface area (Å²) in [6.45, 7) is 22.7. The molecule has 0 unspecified atom stereocenters. The largest absolute Gasteiger partial charge is 0.421 e. The Labute approximate surface area is 572 Å². The molecule has 18 aromatic rings. The molecule has 0 bridgehead atoms. The Morgan fingerprint density at radius 1 is 0.290 bits per heavy atom. The third kappa shape index (κ3) is 6.52. The zero-order valence-corrected chi connectivity index (χ0v) is 56.7. The van der Waals surface area contributed by atoms with E-state index in [2.05, 4.69) is 242 Å². The van der Waals surface area contributed by atoms with E-state index in [0.717, 1.165) is 149 Å². The van der Waals surface area contributed by atoms with Crippen LogP contribution < -0.4 is 0 Å². The van der Waals surface area contributed by atoms with Crippen LogP contribution in [-0.4, -0.2) is 58.6 Å². The number of rotatable bonds is 5. The number of fused-ring (bicyclic) bond motifs is 20. The van der Waals surface area contributed by atoms with E-state index < -0.39 is 21.7 Å². The zero-order chi connectivity index (χ0) is 67.1. The van der Waals surface area contributed by atoms with Gasteiger partial charge in [-0.3, -0.25) is 0 Å². The summed E-state index contributed by atoms with van der Waals surface area (Å²) >= 11 is 0. The molecule has 8 aromatic heterocycles. The molecule has 0 radical (unpaired) electrons. The van der Waals surface area contributed by atoms with E-state index in [1.165, 1.54) is 38.4 Å². The molecule has 4 aliphatic heterocycles.